The quantitative estimate of drug-likeness (QED) is 0.895. The number of H-pyrrole nitrogens is 1. The molecule has 4 rings (SSSR count). The van der Waals surface area contributed by atoms with Crippen molar-refractivity contribution < 1.29 is 4.74 Å². The largest absolute Gasteiger partial charge is 0.381 e. The minimum Gasteiger partial charge on any atom is -0.381 e. The molecule has 1 atom stereocenters. The standard InChI is InChI=1S/C17H24N4O/c1-2-13(6-11-22-10-1)16-20-15-14(5-9-19-17(15)21-16)12-3-7-18-8-4-12/h5,9,12-13,18H,1-4,6-8,10-11H2,(H,19,20,21). The first-order chi connectivity index (χ1) is 10.9. The lowest BCUT2D eigenvalue weighted by Crippen LogP contribution is -2.26. The van der Waals surface area contributed by atoms with Crippen LogP contribution in [0.1, 0.15) is 55.3 Å². The van der Waals surface area contributed by atoms with Gasteiger partial charge in [-0.2, -0.15) is 0 Å². The third-order valence-corrected chi connectivity index (χ3v) is 5.05. The molecule has 0 spiro atoms. The lowest BCUT2D eigenvalue weighted by atomic mass is 9.90. The van der Waals surface area contributed by atoms with E-state index in [0.717, 1.165) is 62.6 Å². The number of fused-ring (bicyclic) bond motifs is 1. The predicted molar refractivity (Wildman–Crippen MR) is 86.1 cm³/mol. The first-order valence-corrected chi connectivity index (χ1v) is 8.55. The van der Waals surface area contributed by atoms with Crippen LogP contribution in [0.15, 0.2) is 12.3 Å². The van der Waals surface area contributed by atoms with Crippen LogP contribution in [-0.4, -0.2) is 41.3 Å². The molecule has 0 amide bonds. The van der Waals surface area contributed by atoms with Gasteiger partial charge in [-0.25, -0.2) is 9.97 Å². The predicted octanol–water partition coefficient (Wildman–Crippen LogP) is 2.71. The van der Waals surface area contributed by atoms with E-state index < -0.39 is 0 Å². The van der Waals surface area contributed by atoms with Crippen LogP contribution in [0.25, 0.3) is 11.2 Å². The maximum Gasteiger partial charge on any atom is 0.157 e. The zero-order chi connectivity index (χ0) is 14.8. The molecule has 0 aliphatic carbocycles. The Morgan fingerprint density at radius 2 is 1.95 bits per heavy atom. The molecule has 1 unspecified atom stereocenters. The number of pyridine rings is 1. The second-order valence-electron chi connectivity index (χ2n) is 6.48. The van der Waals surface area contributed by atoms with Crippen molar-refractivity contribution >= 4 is 11.2 Å². The highest BCUT2D eigenvalue weighted by molar-refractivity contribution is 5.75. The van der Waals surface area contributed by atoms with E-state index >= 15 is 0 Å². The van der Waals surface area contributed by atoms with Gasteiger partial charge in [0, 0.05) is 25.3 Å². The first kappa shape index (κ1) is 14.2. The summed E-state index contributed by atoms with van der Waals surface area (Å²) in [6, 6.07) is 2.17. The number of aromatic nitrogens is 3. The first-order valence-electron chi connectivity index (χ1n) is 8.55. The van der Waals surface area contributed by atoms with Crippen molar-refractivity contribution in [2.45, 2.75) is 43.9 Å². The van der Waals surface area contributed by atoms with Crippen LogP contribution in [0, 0.1) is 0 Å². The summed E-state index contributed by atoms with van der Waals surface area (Å²) in [4.78, 5) is 12.9. The molecule has 5 heteroatoms. The normalized spacial score (nSPS) is 24.5. The fourth-order valence-electron chi connectivity index (χ4n) is 3.78. The van der Waals surface area contributed by atoms with Crippen LogP contribution in [0.5, 0.6) is 0 Å². The second kappa shape index (κ2) is 6.34. The van der Waals surface area contributed by atoms with E-state index in [1.165, 1.54) is 18.4 Å². The molecule has 0 aromatic carbocycles. The number of hydrogen-bond acceptors (Lipinski definition) is 4. The Balaban J connectivity index is 1.67. The topological polar surface area (TPSA) is 62.8 Å². The van der Waals surface area contributed by atoms with Crippen molar-refractivity contribution in [1.29, 1.82) is 0 Å². The molecule has 5 nitrogen and oxygen atoms in total. The molecule has 118 valence electrons. The summed E-state index contributed by atoms with van der Waals surface area (Å²) < 4.78 is 5.57. The third kappa shape index (κ3) is 2.75. The molecule has 2 N–H and O–H groups in total. The van der Waals surface area contributed by atoms with E-state index in [1.807, 2.05) is 6.20 Å². The highest BCUT2D eigenvalue weighted by Crippen LogP contribution is 2.32. The summed E-state index contributed by atoms with van der Waals surface area (Å²) in [5.41, 5.74) is 3.42. The van der Waals surface area contributed by atoms with Crippen LogP contribution in [0.2, 0.25) is 0 Å². The van der Waals surface area contributed by atoms with Gasteiger partial charge in [0.2, 0.25) is 0 Å². The van der Waals surface area contributed by atoms with Crippen molar-refractivity contribution in [2.75, 3.05) is 26.3 Å². The monoisotopic (exact) mass is 300 g/mol. The smallest absolute Gasteiger partial charge is 0.157 e. The number of hydrogen-bond donors (Lipinski definition) is 2. The van der Waals surface area contributed by atoms with E-state index in [0.29, 0.717) is 11.8 Å². The zero-order valence-corrected chi connectivity index (χ0v) is 13.0. The Morgan fingerprint density at radius 1 is 1.05 bits per heavy atom. The molecule has 2 fully saturated rings. The Labute approximate surface area is 130 Å². The highest BCUT2D eigenvalue weighted by Gasteiger charge is 2.22. The van der Waals surface area contributed by atoms with Crippen molar-refractivity contribution in [3.05, 3.63) is 23.7 Å². The molecule has 2 aromatic rings. The van der Waals surface area contributed by atoms with Crippen LogP contribution in [0.4, 0.5) is 0 Å². The summed E-state index contributed by atoms with van der Waals surface area (Å²) in [6.45, 7) is 3.93. The van der Waals surface area contributed by atoms with Gasteiger partial charge in [-0.15, -0.1) is 0 Å². The zero-order valence-electron chi connectivity index (χ0n) is 13.0. The molecule has 0 saturated carbocycles. The van der Waals surface area contributed by atoms with Crippen molar-refractivity contribution in [3.63, 3.8) is 0 Å². The van der Waals surface area contributed by atoms with E-state index in [1.54, 1.807) is 0 Å². The summed E-state index contributed by atoms with van der Waals surface area (Å²) in [5, 5.41) is 3.44. The molecule has 2 aromatic heterocycles. The van der Waals surface area contributed by atoms with Crippen molar-refractivity contribution in [2.24, 2.45) is 0 Å². The van der Waals surface area contributed by atoms with Gasteiger partial charge >= 0.3 is 0 Å². The summed E-state index contributed by atoms with van der Waals surface area (Å²) in [6.07, 6.45) is 7.65. The number of nitrogens with zero attached hydrogens (tertiary/aromatic N) is 2. The van der Waals surface area contributed by atoms with Gasteiger partial charge in [-0.3, -0.25) is 0 Å². The van der Waals surface area contributed by atoms with Gasteiger partial charge in [0.1, 0.15) is 11.3 Å². The van der Waals surface area contributed by atoms with Crippen LogP contribution in [-0.2, 0) is 4.74 Å². The molecule has 2 aliphatic rings. The maximum absolute atomic E-state index is 5.57. The molecule has 4 heterocycles. The van der Waals surface area contributed by atoms with Gasteiger partial charge in [-0.1, -0.05) is 0 Å². The molecule has 2 aliphatic heterocycles. The Bertz CT molecular complexity index is 625. The van der Waals surface area contributed by atoms with Gasteiger partial charge < -0.3 is 15.0 Å². The Hall–Kier alpha value is -1.46. The lowest BCUT2D eigenvalue weighted by molar-refractivity contribution is 0.143. The minimum absolute atomic E-state index is 0.484. The maximum atomic E-state index is 5.57. The number of aromatic amines is 1. The van der Waals surface area contributed by atoms with Gasteiger partial charge in [0.15, 0.2) is 5.65 Å². The van der Waals surface area contributed by atoms with Gasteiger partial charge in [-0.05, 0) is 62.7 Å². The van der Waals surface area contributed by atoms with Gasteiger partial charge in [0.05, 0.1) is 0 Å². The lowest BCUT2D eigenvalue weighted by Gasteiger charge is -2.22. The molecular formula is C17H24N4O. The molecule has 22 heavy (non-hydrogen) atoms. The summed E-state index contributed by atoms with van der Waals surface area (Å²) in [5.74, 6) is 2.20. The molecule has 2 saturated heterocycles. The molecule has 0 bridgehead atoms. The van der Waals surface area contributed by atoms with Crippen LogP contribution >= 0.6 is 0 Å². The average Bonchev–Trinajstić information content (AvgIpc) is 2.82. The van der Waals surface area contributed by atoms with E-state index in [9.17, 15) is 0 Å². The number of imidazole rings is 1. The van der Waals surface area contributed by atoms with E-state index in [2.05, 4.69) is 21.4 Å². The van der Waals surface area contributed by atoms with Crippen molar-refractivity contribution in [1.82, 2.24) is 20.3 Å². The summed E-state index contributed by atoms with van der Waals surface area (Å²) in [7, 11) is 0. The number of nitrogens with one attached hydrogen (secondary N) is 2. The van der Waals surface area contributed by atoms with E-state index in [4.69, 9.17) is 9.72 Å². The fourth-order valence-corrected chi connectivity index (χ4v) is 3.78. The minimum atomic E-state index is 0.484. The van der Waals surface area contributed by atoms with Gasteiger partial charge in [0.25, 0.3) is 0 Å². The number of rotatable bonds is 2. The van der Waals surface area contributed by atoms with E-state index in [-0.39, 0.29) is 0 Å². The van der Waals surface area contributed by atoms with Crippen LogP contribution < -0.4 is 5.32 Å². The number of ether oxygens (including phenoxy) is 1. The fraction of sp³-hybridized carbons (Fsp3) is 0.647. The third-order valence-electron chi connectivity index (χ3n) is 5.05. The second-order valence-corrected chi connectivity index (χ2v) is 6.48. The Kier molecular flexibility index (Phi) is 4.08. The summed E-state index contributed by atoms with van der Waals surface area (Å²) >= 11 is 0. The Morgan fingerprint density at radius 3 is 2.86 bits per heavy atom. The molecular weight excluding hydrogens is 276 g/mol. The SMILES string of the molecule is c1cc(C2CCNCC2)c2nc(C3CCCOCC3)[nH]c2n1. The van der Waals surface area contributed by atoms with Crippen molar-refractivity contribution in [3.8, 4) is 0 Å². The van der Waals surface area contributed by atoms with Crippen LogP contribution in [0.3, 0.4) is 0 Å². The molecule has 0 radical (unpaired) electrons. The average molecular weight is 300 g/mol. The highest BCUT2D eigenvalue weighted by atomic mass is 16.5. The number of piperidine rings is 1.